The van der Waals surface area contributed by atoms with Crippen LogP contribution >= 0.6 is 11.3 Å². The molecular weight excluding hydrogens is 506 g/mol. The van der Waals surface area contributed by atoms with Crippen LogP contribution in [0.25, 0.3) is 10.2 Å². The fourth-order valence-corrected chi connectivity index (χ4v) is 4.39. The van der Waals surface area contributed by atoms with Gasteiger partial charge in [0.2, 0.25) is 0 Å². The Balaban J connectivity index is 2.13. The molecule has 0 aliphatic carbocycles. The van der Waals surface area contributed by atoms with Crippen LogP contribution in [0, 0.1) is 11.6 Å². The highest BCUT2D eigenvalue weighted by molar-refractivity contribution is 7.22. The van der Waals surface area contributed by atoms with Crippen LogP contribution in [0.1, 0.15) is 35.3 Å². The van der Waals surface area contributed by atoms with E-state index in [1.54, 1.807) is 0 Å². The van der Waals surface area contributed by atoms with Crippen LogP contribution in [0.3, 0.4) is 0 Å². The Morgan fingerprint density at radius 2 is 1.46 bits per heavy atom. The first-order valence-electron chi connectivity index (χ1n) is 10.3. The summed E-state index contributed by atoms with van der Waals surface area (Å²) >= 11 is 0.694. The van der Waals surface area contributed by atoms with E-state index in [4.69, 9.17) is 0 Å². The zero-order valence-electron chi connectivity index (χ0n) is 18.4. The molecule has 2 aromatic carbocycles. The SMILES string of the molecule is CCN(CC)CCN(C(=O)c1cc(C(F)(F)F)cc(C(F)(F)F)c1)c1nc2c(F)cc(F)cc2s1. The molecule has 0 aliphatic heterocycles. The number of amides is 1. The second-order valence-electron chi connectivity index (χ2n) is 7.51. The maximum Gasteiger partial charge on any atom is 0.416 e. The van der Waals surface area contributed by atoms with Crippen molar-refractivity contribution in [3.8, 4) is 0 Å². The van der Waals surface area contributed by atoms with Gasteiger partial charge in [0.25, 0.3) is 5.91 Å². The first-order chi connectivity index (χ1) is 16.2. The highest BCUT2D eigenvalue weighted by Crippen LogP contribution is 2.37. The van der Waals surface area contributed by atoms with Crippen molar-refractivity contribution in [1.82, 2.24) is 9.88 Å². The first-order valence-corrected chi connectivity index (χ1v) is 11.2. The summed E-state index contributed by atoms with van der Waals surface area (Å²) in [5.74, 6) is -3.11. The molecule has 0 fully saturated rings. The summed E-state index contributed by atoms with van der Waals surface area (Å²) in [5, 5.41) is -0.187. The zero-order valence-corrected chi connectivity index (χ0v) is 19.2. The number of anilines is 1. The molecule has 190 valence electrons. The van der Waals surface area contributed by atoms with E-state index in [0.29, 0.717) is 42.6 Å². The van der Waals surface area contributed by atoms with Crippen molar-refractivity contribution >= 4 is 32.6 Å². The number of hydrogen-bond acceptors (Lipinski definition) is 4. The normalized spacial score (nSPS) is 12.5. The summed E-state index contributed by atoms with van der Waals surface area (Å²) < 4.78 is 108. The highest BCUT2D eigenvalue weighted by Gasteiger charge is 2.38. The fourth-order valence-electron chi connectivity index (χ4n) is 3.36. The molecule has 0 spiro atoms. The van der Waals surface area contributed by atoms with E-state index in [1.807, 2.05) is 18.7 Å². The molecule has 0 N–H and O–H groups in total. The Hall–Kier alpha value is -2.80. The molecule has 1 heterocycles. The van der Waals surface area contributed by atoms with Crippen molar-refractivity contribution in [2.45, 2.75) is 26.2 Å². The smallest absolute Gasteiger partial charge is 0.302 e. The largest absolute Gasteiger partial charge is 0.416 e. The van der Waals surface area contributed by atoms with E-state index in [2.05, 4.69) is 4.98 Å². The van der Waals surface area contributed by atoms with E-state index in [-0.39, 0.29) is 34.5 Å². The number of fused-ring (bicyclic) bond motifs is 1. The van der Waals surface area contributed by atoms with E-state index < -0.39 is 46.6 Å². The molecule has 0 aliphatic rings. The van der Waals surface area contributed by atoms with Gasteiger partial charge in [0.15, 0.2) is 10.9 Å². The van der Waals surface area contributed by atoms with Gasteiger partial charge < -0.3 is 4.90 Å². The molecule has 3 rings (SSSR count). The molecule has 0 atom stereocenters. The molecule has 1 aromatic heterocycles. The average molecular weight is 525 g/mol. The third-order valence-corrected chi connectivity index (χ3v) is 6.27. The molecule has 0 bridgehead atoms. The topological polar surface area (TPSA) is 36.4 Å². The third-order valence-electron chi connectivity index (χ3n) is 5.25. The molecule has 1 amide bonds. The van der Waals surface area contributed by atoms with Gasteiger partial charge in [-0.15, -0.1) is 0 Å². The van der Waals surface area contributed by atoms with Gasteiger partial charge in [-0.3, -0.25) is 9.69 Å². The molecule has 35 heavy (non-hydrogen) atoms. The van der Waals surface area contributed by atoms with Crippen molar-refractivity contribution < 1.29 is 39.9 Å². The van der Waals surface area contributed by atoms with Gasteiger partial charge in [-0.25, -0.2) is 13.8 Å². The van der Waals surface area contributed by atoms with Gasteiger partial charge in [-0.2, -0.15) is 26.3 Å². The molecule has 0 saturated carbocycles. The molecular formula is C22H19F8N3OS. The third kappa shape index (κ3) is 6.07. The number of carbonyl (C=O) groups excluding carboxylic acids is 1. The maximum absolute atomic E-state index is 14.2. The monoisotopic (exact) mass is 525 g/mol. The van der Waals surface area contributed by atoms with Gasteiger partial charge in [0.1, 0.15) is 11.3 Å². The number of carbonyl (C=O) groups is 1. The van der Waals surface area contributed by atoms with Gasteiger partial charge in [0, 0.05) is 24.7 Å². The lowest BCUT2D eigenvalue weighted by Gasteiger charge is -2.25. The summed E-state index contributed by atoms with van der Waals surface area (Å²) in [6.45, 7) is 4.81. The van der Waals surface area contributed by atoms with Gasteiger partial charge in [-0.05, 0) is 37.4 Å². The predicted molar refractivity (Wildman–Crippen MR) is 115 cm³/mol. The quantitative estimate of drug-likeness (QED) is 0.326. The lowest BCUT2D eigenvalue weighted by Crippen LogP contribution is -2.39. The van der Waals surface area contributed by atoms with Crippen molar-refractivity contribution in [3.63, 3.8) is 0 Å². The number of nitrogens with zero attached hydrogens (tertiary/aromatic N) is 3. The Kier molecular flexibility index (Phi) is 7.70. The Bertz CT molecular complexity index is 1190. The number of hydrogen-bond donors (Lipinski definition) is 0. The summed E-state index contributed by atoms with van der Waals surface area (Å²) in [6.07, 6.45) is -10.3. The van der Waals surface area contributed by atoms with E-state index in [1.165, 1.54) is 0 Å². The number of halogens is 8. The molecule has 0 radical (unpaired) electrons. The lowest BCUT2D eigenvalue weighted by atomic mass is 10.0. The van der Waals surface area contributed by atoms with Crippen molar-refractivity contribution in [1.29, 1.82) is 0 Å². The number of rotatable bonds is 7. The molecule has 0 unspecified atom stereocenters. The van der Waals surface area contributed by atoms with Crippen LogP contribution in [-0.2, 0) is 12.4 Å². The van der Waals surface area contributed by atoms with Gasteiger partial charge >= 0.3 is 12.4 Å². The summed E-state index contributed by atoms with van der Waals surface area (Å²) in [4.78, 5) is 20.0. The van der Waals surface area contributed by atoms with Crippen LogP contribution < -0.4 is 4.90 Å². The van der Waals surface area contributed by atoms with Crippen LogP contribution in [0.4, 0.5) is 40.3 Å². The maximum atomic E-state index is 14.2. The van der Waals surface area contributed by atoms with Crippen LogP contribution in [0.5, 0.6) is 0 Å². The van der Waals surface area contributed by atoms with Crippen LogP contribution in [0.15, 0.2) is 30.3 Å². The van der Waals surface area contributed by atoms with E-state index in [0.717, 1.165) is 11.0 Å². The van der Waals surface area contributed by atoms with E-state index in [9.17, 15) is 39.9 Å². The second kappa shape index (κ2) is 10.1. The second-order valence-corrected chi connectivity index (χ2v) is 8.52. The zero-order chi connectivity index (χ0) is 26.1. The number of likely N-dealkylation sites (N-methyl/N-ethyl adjacent to an activating group) is 1. The van der Waals surface area contributed by atoms with Gasteiger partial charge in [0.05, 0.1) is 15.8 Å². The summed E-state index contributed by atoms with van der Waals surface area (Å²) in [6, 6.07) is 2.13. The van der Waals surface area contributed by atoms with E-state index >= 15 is 0 Å². The highest BCUT2D eigenvalue weighted by atomic mass is 32.1. The van der Waals surface area contributed by atoms with Gasteiger partial charge in [-0.1, -0.05) is 25.2 Å². The summed E-state index contributed by atoms with van der Waals surface area (Å²) in [7, 11) is 0. The molecule has 3 aromatic rings. The Morgan fingerprint density at radius 1 is 0.886 bits per heavy atom. The average Bonchev–Trinajstić information content (AvgIpc) is 3.19. The van der Waals surface area contributed by atoms with Crippen LogP contribution in [-0.4, -0.2) is 42.0 Å². The minimum absolute atomic E-state index is 0.0261. The minimum atomic E-state index is -5.14. The van der Waals surface area contributed by atoms with Crippen molar-refractivity contribution in [3.05, 3.63) is 58.7 Å². The Morgan fingerprint density at radius 3 is 1.97 bits per heavy atom. The number of thiazole rings is 1. The molecule has 13 heteroatoms. The first kappa shape index (κ1) is 26.8. The van der Waals surface area contributed by atoms with Crippen LogP contribution in [0.2, 0.25) is 0 Å². The standard InChI is InChI=1S/C22H19F8N3OS/c1-3-32(4-2)5-6-33(20-31-18-16(24)10-15(23)11-17(18)35-20)19(34)12-7-13(21(25,26)27)9-14(8-12)22(28,29)30/h7-11H,3-6H2,1-2H3. The lowest BCUT2D eigenvalue weighted by molar-refractivity contribution is -0.143. The number of alkyl halides is 6. The molecule has 4 nitrogen and oxygen atoms in total. The predicted octanol–water partition coefficient (Wildman–Crippen LogP) is 6.60. The molecule has 0 saturated heterocycles. The van der Waals surface area contributed by atoms with Crippen molar-refractivity contribution in [2.75, 3.05) is 31.1 Å². The van der Waals surface area contributed by atoms with Crippen molar-refractivity contribution in [2.24, 2.45) is 0 Å². The number of aromatic nitrogens is 1. The fraction of sp³-hybridized carbons (Fsp3) is 0.364. The summed E-state index contributed by atoms with van der Waals surface area (Å²) in [5.41, 5.74) is -4.42. The minimum Gasteiger partial charge on any atom is -0.302 e. The number of benzene rings is 2. The Labute approximate surface area is 198 Å².